The number of aromatic nitrogens is 3. The Morgan fingerprint density at radius 1 is 1.50 bits per heavy atom. The summed E-state index contributed by atoms with van der Waals surface area (Å²) in [6.45, 7) is 0. The Balaban J connectivity index is 2.00. The molecule has 1 aromatic carbocycles. The number of nitrogens with zero attached hydrogens (tertiary/aromatic N) is 3. The number of amides is 1. The van der Waals surface area contributed by atoms with Crippen molar-refractivity contribution in [1.29, 1.82) is 0 Å². The summed E-state index contributed by atoms with van der Waals surface area (Å²) in [5, 5.41) is 11.6. The Hall–Kier alpha value is -1.44. The summed E-state index contributed by atoms with van der Waals surface area (Å²) >= 11 is 13.1. The summed E-state index contributed by atoms with van der Waals surface area (Å²) in [5.74, 6) is -0.0702. The fourth-order valence-electron chi connectivity index (χ4n) is 1.43. The lowest BCUT2D eigenvalue weighted by atomic mass is 10.2. The fourth-order valence-corrected chi connectivity index (χ4v) is 2.68. The van der Waals surface area contributed by atoms with Gasteiger partial charge < -0.3 is 15.6 Å². The number of carbonyl (C=O) groups excluding carboxylic acids is 1. The number of nitrogen functional groups attached to an aromatic ring is 1. The van der Waals surface area contributed by atoms with Crippen LogP contribution in [-0.4, -0.2) is 26.4 Å². The second kappa shape index (κ2) is 6.34. The number of carbonyl (C=O) groups is 1. The van der Waals surface area contributed by atoms with Crippen LogP contribution >= 0.6 is 35.0 Å². The highest BCUT2D eigenvalue weighted by Gasteiger charge is 2.12. The van der Waals surface area contributed by atoms with Gasteiger partial charge in [-0.3, -0.25) is 4.79 Å². The standard InChI is InChI=1S/C11H11Cl2N5OS/c1-18-5-15-17-11(18)20-4-9(19)16-10-7(13)2-6(12)3-8(10)14/h2-3,5H,4,14H2,1H3,(H,16,19). The Morgan fingerprint density at radius 3 is 2.85 bits per heavy atom. The van der Waals surface area contributed by atoms with Crippen LogP contribution in [0.25, 0.3) is 0 Å². The molecule has 0 unspecified atom stereocenters. The van der Waals surface area contributed by atoms with Crippen LogP contribution in [0, 0.1) is 0 Å². The molecule has 106 valence electrons. The molecule has 1 amide bonds. The van der Waals surface area contributed by atoms with Gasteiger partial charge in [-0.15, -0.1) is 10.2 Å². The van der Waals surface area contributed by atoms with Crippen molar-refractivity contribution in [1.82, 2.24) is 14.8 Å². The fraction of sp³-hybridized carbons (Fsp3) is 0.182. The number of nitrogens with one attached hydrogen (secondary N) is 1. The lowest BCUT2D eigenvalue weighted by molar-refractivity contribution is -0.113. The number of hydrogen-bond acceptors (Lipinski definition) is 5. The molecule has 0 bridgehead atoms. The minimum absolute atomic E-state index is 0.172. The first-order valence-electron chi connectivity index (χ1n) is 5.48. The van der Waals surface area contributed by atoms with Crippen molar-refractivity contribution in [2.75, 3.05) is 16.8 Å². The van der Waals surface area contributed by atoms with E-state index in [4.69, 9.17) is 28.9 Å². The largest absolute Gasteiger partial charge is 0.397 e. The van der Waals surface area contributed by atoms with Gasteiger partial charge in [0.05, 0.1) is 22.2 Å². The average molecular weight is 332 g/mol. The molecule has 0 saturated heterocycles. The number of aryl methyl sites for hydroxylation is 1. The van der Waals surface area contributed by atoms with E-state index in [2.05, 4.69) is 15.5 Å². The molecule has 6 nitrogen and oxygen atoms in total. The number of nitrogens with two attached hydrogens (primary N) is 1. The molecule has 2 rings (SSSR count). The maximum Gasteiger partial charge on any atom is 0.234 e. The van der Waals surface area contributed by atoms with Crippen LogP contribution in [0.15, 0.2) is 23.6 Å². The highest BCUT2D eigenvalue weighted by molar-refractivity contribution is 7.99. The van der Waals surface area contributed by atoms with Gasteiger partial charge in [-0.1, -0.05) is 35.0 Å². The lowest BCUT2D eigenvalue weighted by Gasteiger charge is -2.10. The maximum absolute atomic E-state index is 11.9. The summed E-state index contributed by atoms with van der Waals surface area (Å²) in [5.41, 5.74) is 6.45. The van der Waals surface area contributed by atoms with Crippen LogP contribution in [0.2, 0.25) is 10.0 Å². The monoisotopic (exact) mass is 331 g/mol. The molecule has 0 radical (unpaired) electrons. The summed E-state index contributed by atoms with van der Waals surface area (Å²) in [6.07, 6.45) is 1.56. The molecule has 0 aliphatic rings. The first-order chi connectivity index (χ1) is 9.47. The van der Waals surface area contributed by atoms with Crippen molar-refractivity contribution < 1.29 is 4.79 Å². The van der Waals surface area contributed by atoms with Gasteiger partial charge >= 0.3 is 0 Å². The molecule has 1 aromatic heterocycles. The second-order valence-electron chi connectivity index (χ2n) is 3.91. The molecule has 0 aliphatic carbocycles. The van der Waals surface area contributed by atoms with Gasteiger partial charge in [0.1, 0.15) is 6.33 Å². The summed E-state index contributed by atoms with van der Waals surface area (Å²) in [7, 11) is 1.80. The van der Waals surface area contributed by atoms with E-state index in [1.165, 1.54) is 23.9 Å². The van der Waals surface area contributed by atoms with E-state index in [-0.39, 0.29) is 11.7 Å². The molecule has 0 atom stereocenters. The van der Waals surface area contributed by atoms with Crippen molar-refractivity contribution >= 4 is 52.2 Å². The van der Waals surface area contributed by atoms with Crippen LogP contribution in [-0.2, 0) is 11.8 Å². The summed E-state index contributed by atoms with van der Waals surface area (Å²) in [4.78, 5) is 11.9. The number of anilines is 2. The van der Waals surface area contributed by atoms with Crippen molar-refractivity contribution in [3.05, 3.63) is 28.5 Å². The Morgan fingerprint density at radius 2 is 2.25 bits per heavy atom. The van der Waals surface area contributed by atoms with Crippen LogP contribution < -0.4 is 11.1 Å². The zero-order chi connectivity index (χ0) is 14.7. The van der Waals surface area contributed by atoms with Gasteiger partial charge in [-0.05, 0) is 12.1 Å². The highest BCUT2D eigenvalue weighted by Crippen LogP contribution is 2.32. The molecule has 0 fully saturated rings. The number of hydrogen-bond donors (Lipinski definition) is 2. The predicted molar refractivity (Wildman–Crippen MR) is 81.2 cm³/mol. The Kier molecular flexibility index (Phi) is 4.74. The van der Waals surface area contributed by atoms with E-state index in [1.54, 1.807) is 17.9 Å². The van der Waals surface area contributed by atoms with E-state index in [9.17, 15) is 4.79 Å². The van der Waals surface area contributed by atoms with Gasteiger partial charge in [0.25, 0.3) is 0 Å². The van der Waals surface area contributed by atoms with Crippen LogP contribution in [0.4, 0.5) is 11.4 Å². The molecule has 9 heteroatoms. The lowest BCUT2D eigenvalue weighted by Crippen LogP contribution is -2.16. The third-order valence-electron chi connectivity index (χ3n) is 2.35. The van der Waals surface area contributed by atoms with Gasteiger partial charge in [0.2, 0.25) is 5.91 Å². The molecule has 0 aliphatic heterocycles. The number of benzene rings is 1. The Labute approximate surface area is 129 Å². The predicted octanol–water partition coefficient (Wildman–Crippen LogP) is 2.43. The minimum Gasteiger partial charge on any atom is -0.397 e. The van der Waals surface area contributed by atoms with Crippen molar-refractivity contribution in [3.8, 4) is 0 Å². The highest BCUT2D eigenvalue weighted by atomic mass is 35.5. The van der Waals surface area contributed by atoms with Crippen LogP contribution in [0.3, 0.4) is 0 Å². The second-order valence-corrected chi connectivity index (χ2v) is 5.70. The molecular formula is C11H11Cl2N5OS. The molecular weight excluding hydrogens is 321 g/mol. The van der Waals surface area contributed by atoms with Gasteiger partial charge in [0, 0.05) is 12.1 Å². The van der Waals surface area contributed by atoms with E-state index < -0.39 is 0 Å². The van der Waals surface area contributed by atoms with Crippen molar-refractivity contribution in [3.63, 3.8) is 0 Å². The third-order valence-corrected chi connectivity index (χ3v) is 3.90. The zero-order valence-electron chi connectivity index (χ0n) is 10.4. The quantitative estimate of drug-likeness (QED) is 0.663. The topological polar surface area (TPSA) is 85.8 Å². The third kappa shape index (κ3) is 3.56. The molecule has 2 aromatic rings. The van der Waals surface area contributed by atoms with E-state index in [0.717, 1.165) is 0 Å². The van der Waals surface area contributed by atoms with Crippen molar-refractivity contribution in [2.24, 2.45) is 7.05 Å². The summed E-state index contributed by atoms with van der Waals surface area (Å²) in [6, 6.07) is 3.05. The smallest absolute Gasteiger partial charge is 0.234 e. The first-order valence-corrected chi connectivity index (χ1v) is 7.22. The zero-order valence-corrected chi connectivity index (χ0v) is 12.8. The molecule has 20 heavy (non-hydrogen) atoms. The molecule has 0 spiro atoms. The maximum atomic E-state index is 11.9. The first kappa shape index (κ1) is 15.0. The van der Waals surface area contributed by atoms with E-state index in [1.807, 2.05) is 0 Å². The normalized spacial score (nSPS) is 10.6. The van der Waals surface area contributed by atoms with Gasteiger partial charge in [0.15, 0.2) is 5.16 Å². The van der Waals surface area contributed by atoms with Gasteiger partial charge in [-0.25, -0.2) is 0 Å². The SMILES string of the molecule is Cn1cnnc1SCC(=O)Nc1c(N)cc(Cl)cc1Cl. The number of thioether (sulfide) groups is 1. The molecule has 0 saturated carbocycles. The molecule has 3 N–H and O–H groups in total. The number of rotatable bonds is 4. The van der Waals surface area contributed by atoms with Crippen molar-refractivity contribution in [2.45, 2.75) is 5.16 Å². The van der Waals surface area contributed by atoms with Crippen LogP contribution in [0.5, 0.6) is 0 Å². The van der Waals surface area contributed by atoms with E-state index in [0.29, 0.717) is 26.6 Å². The van der Waals surface area contributed by atoms with E-state index >= 15 is 0 Å². The van der Waals surface area contributed by atoms with Crippen LogP contribution in [0.1, 0.15) is 0 Å². The summed E-state index contributed by atoms with van der Waals surface area (Å²) < 4.78 is 1.72. The minimum atomic E-state index is -0.242. The average Bonchev–Trinajstić information content (AvgIpc) is 2.77. The van der Waals surface area contributed by atoms with Gasteiger partial charge in [-0.2, -0.15) is 0 Å². The number of halogens is 2. The molecule has 1 heterocycles. The Bertz CT molecular complexity index is 622.